The molecule has 1 heterocycles. The van der Waals surface area contributed by atoms with Gasteiger partial charge in [-0.3, -0.25) is 4.79 Å². The first kappa shape index (κ1) is 12.7. The zero-order valence-corrected chi connectivity index (χ0v) is 10.3. The van der Waals surface area contributed by atoms with E-state index in [1.54, 1.807) is 31.4 Å². The maximum Gasteiger partial charge on any atom is 0.206 e. The number of nitriles is 1. The van der Waals surface area contributed by atoms with Crippen LogP contribution < -0.4 is 4.74 Å². The molecule has 0 saturated heterocycles. The molecular weight excluding hydrogens is 242 g/mol. The number of nitrogens with zero attached hydrogens (tertiary/aromatic N) is 1. The lowest BCUT2D eigenvalue weighted by molar-refractivity contribution is 0.103. The van der Waals surface area contributed by atoms with Crippen molar-refractivity contribution < 1.29 is 13.9 Å². The summed E-state index contributed by atoms with van der Waals surface area (Å²) in [6, 6.07) is 10.5. The topological polar surface area (TPSA) is 63.2 Å². The van der Waals surface area contributed by atoms with Gasteiger partial charge in [-0.25, -0.2) is 0 Å². The van der Waals surface area contributed by atoms with Crippen LogP contribution in [0.25, 0.3) is 6.08 Å². The maximum atomic E-state index is 12.0. The monoisotopic (exact) mass is 253 g/mol. The summed E-state index contributed by atoms with van der Waals surface area (Å²) in [6.07, 6.45) is 4.26. The highest BCUT2D eigenvalue weighted by Gasteiger charge is 2.13. The standard InChI is InChI=1S/C15H11NO3/c1-18-14-4-2-11(3-5-14)8-13(9-16)15(17)12-6-7-19-10-12/h2-8,10H,1H3. The van der Waals surface area contributed by atoms with Crippen molar-refractivity contribution in [2.75, 3.05) is 7.11 Å². The number of ketones is 1. The Morgan fingerprint density at radius 1 is 1.32 bits per heavy atom. The quantitative estimate of drug-likeness (QED) is 0.477. The summed E-state index contributed by atoms with van der Waals surface area (Å²) in [7, 11) is 1.58. The maximum absolute atomic E-state index is 12.0. The van der Waals surface area contributed by atoms with Crippen molar-refractivity contribution in [2.45, 2.75) is 0 Å². The van der Waals surface area contributed by atoms with E-state index >= 15 is 0 Å². The smallest absolute Gasteiger partial charge is 0.206 e. The summed E-state index contributed by atoms with van der Waals surface area (Å²) >= 11 is 0. The van der Waals surface area contributed by atoms with Crippen LogP contribution in [-0.2, 0) is 0 Å². The third-order valence-electron chi connectivity index (χ3n) is 2.58. The van der Waals surface area contributed by atoms with Crippen LogP contribution in [0, 0.1) is 11.3 Å². The molecule has 94 valence electrons. The van der Waals surface area contributed by atoms with E-state index in [-0.39, 0.29) is 11.4 Å². The molecule has 0 atom stereocenters. The van der Waals surface area contributed by atoms with Gasteiger partial charge in [-0.15, -0.1) is 0 Å². The number of Topliss-reactive ketones (excluding diaryl/α,β-unsaturated/α-hetero) is 1. The van der Waals surface area contributed by atoms with Gasteiger partial charge in [-0.2, -0.15) is 5.26 Å². The van der Waals surface area contributed by atoms with Crippen molar-refractivity contribution in [3.05, 3.63) is 59.6 Å². The zero-order chi connectivity index (χ0) is 13.7. The molecule has 1 aromatic carbocycles. The lowest BCUT2D eigenvalue weighted by atomic mass is 10.0. The minimum absolute atomic E-state index is 0.0616. The normalized spacial score (nSPS) is 10.8. The minimum atomic E-state index is -0.355. The molecule has 0 saturated carbocycles. The Balaban J connectivity index is 2.28. The van der Waals surface area contributed by atoms with Crippen LogP contribution in [0.3, 0.4) is 0 Å². The average Bonchev–Trinajstić information content (AvgIpc) is 2.99. The van der Waals surface area contributed by atoms with Gasteiger partial charge in [-0.05, 0) is 29.8 Å². The number of methoxy groups -OCH3 is 1. The van der Waals surface area contributed by atoms with Gasteiger partial charge in [0.05, 0.1) is 18.9 Å². The van der Waals surface area contributed by atoms with Crippen LogP contribution in [0.2, 0.25) is 0 Å². The molecule has 0 amide bonds. The molecule has 4 nitrogen and oxygen atoms in total. The molecule has 1 aromatic heterocycles. The van der Waals surface area contributed by atoms with Crippen molar-refractivity contribution >= 4 is 11.9 Å². The predicted molar refractivity (Wildman–Crippen MR) is 69.6 cm³/mol. The number of hydrogen-bond donors (Lipinski definition) is 0. The molecule has 19 heavy (non-hydrogen) atoms. The second-order valence-corrected chi connectivity index (χ2v) is 3.78. The van der Waals surface area contributed by atoms with Crippen LogP contribution in [0.4, 0.5) is 0 Å². The fourth-order valence-electron chi connectivity index (χ4n) is 1.56. The Morgan fingerprint density at radius 2 is 2.05 bits per heavy atom. The first-order valence-electron chi connectivity index (χ1n) is 5.57. The number of carbonyl (C=O) groups excluding carboxylic acids is 1. The average molecular weight is 253 g/mol. The first-order chi connectivity index (χ1) is 9.24. The summed E-state index contributed by atoms with van der Waals surface area (Å²) in [4.78, 5) is 12.0. The van der Waals surface area contributed by atoms with E-state index in [1.165, 1.54) is 24.7 Å². The second-order valence-electron chi connectivity index (χ2n) is 3.78. The Kier molecular flexibility index (Phi) is 3.79. The summed E-state index contributed by atoms with van der Waals surface area (Å²) in [5.41, 5.74) is 1.18. The third kappa shape index (κ3) is 2.90. The van der Waals surface area contributed by atoms with E-state index in [0.717, 1.165) is 11.3 Å². The summed E-state index contributed by atoms with van der Waals surface area (Å²) in [6.45, 7) is 0. The Bertz CT molecular complexity index is 631. The minimum Gasteiger partial charge on any atom is -0.497 e. The van der Waals surface area contributed by atoms with E-state index in [0.29, 0.717) is 5.56 Å². The van der Waals surface area contributed by atoms with Gasteiger partial charge in [0.15, 0.2) is 0 Å². The van der Waals surface area contributed by atoms with Crippen molar-refractivity contribution in [2.24, 2.45) is 0 Å². The van der Waals surface area contributed by atoms with E-state index in [4.69, 9.17) is 14.4 Å². The molecule has 0 spiro atoms. The number of allylic oxidation sites excluding steroid dienone is 1. The Morgan fingerprint density at radius 3 is 2.58 bits per heavy atom. The lowest BCUT2D eigenvalue weighted by Crippen LogP contribution is -1.99. The highest BCUT2D eigenvalue weighted by atomic mass is 16.5. The Labute approximate surface area is 110 Å². The van der Waals surface area contributed by atoms with Crippen LogP contribution in [0.5, 0.6) is 5.75 Å². The molecule has 0 unspecified atom stereocenters. The number of rotatable bonds is 4. The predicted octanol–water partition coefficient (Wildman–Crippen LogP) is 3.08. The van der Waals surface area contributed by atoms with Gasteiger partial charge in [0.2, 0.25) is 5.78 Å². The van der Waals surface area contributed by atoms with E-state index in [2.05, 4.69) is 0 Å². The van der Waals surface area contributed by atoms with Gasteiger partial charge < -0.3 is 9.15 Å². The van der Waals surface area contributed by atoms with Gasteiger partial charge in [-0.1, -0.05) is 12.1 Å². The van der Waals surface area contributed by atoms with Crippen molar-refractivity contribution in [1.29, 1.82) is 5.26 Å². The molecule has 4 heteroatoms. The van der Waals surface area contributed by atoms with Gasteiger partial charge in [0.25, 0.3) is 0 Å². The zero-order valence-electron chi connectivity index (χ0n) is 10.3. The third-order valence-corrected chi connectivity index (χ3v) is 2.58. The number of carbonyl (C=O) groups is 1. The fraction of sp³-hybridized carbons (Fsp3) is 0.0667. The van der Waals surface area contributed by atoms with Crippen LogP contribution in [0.15, 0.2) is 52.8 Å². The molecule has 2 rings (SSSR count). The van der Waals surface area contributed by atoms with E-state index in [9.17, 15) is 4.79 Å². The number of furan rings is 1. The highest BCUT2D eigenvalue weighted by molar-refractivity contribution is 6.13. The molecule has 0 fully saturated rings. The van der Waals surface area contributed by atoms with Crippen molar-refractivity contribution in [3.63, 3.8) is 0 Å². The largest absolute Gasteiger partial charge is 0.497 e. The second kappa shape index (κ2) is 5.69. The molecule has 0 N–H and O–H groups in total. The summed E-state index contributed by atoms with van der Waals surface area (Å²) in [5.74, 6) is 0.365. The van der Waals surface area contributed by atoms with Crippen molar-refractivity contribution in [1.82, 2.24) is 0 Å². The molecule has 0 radical (unpaired) electrons. The van der Waals surface area contributed by atoms with Gasteiger partial charge >= 0.3 is 0 Å². The van der Waals surface area contributed by atoms with Gasteiger partial charge in [0, 0.05) is 0 Å². The fourth-order valence-corrected chi connectivity index (χ4v) is 1.56. The SMILES string of the molecule is COc1ccc(C=C(C#N)C(=O)c2ccoc2)cc1. The molecule has 2 aromatic rings. The van der Waals surface area contributed by atoms with Crippen LogP contribution in [-0.4, -0.2) is 12.9 Å². The Hall–Kier alpha value is -2.80. The molecule has 0 aliphatic heterocycles. The van der Waals surface area contributed by atoms with Crippen molar-refractivity contribution in [3.8, 4) is 11.8 Å². The van der Waals surface area contributed by atoms with E-state index < -0.39 is 0 Å². The molecule has 0 aliphatic rings. The van der Waals surface area contributed by atoms with Crippen LogP contribution in [0.1, 0.15) is 15.9 Å². The molecular formula is C15H11NO3. The first-order valence-corrected chi connectivity index (χ1v) is 5.57. The summed E-state index contributed by atoms with van der Waals surface area (Å²) in [5, 5.41) is 9.06. The van der Waals surface area contributed by atoms with Crippen LogP contribution >= 0.6 is 0 Å². The lowest BCUT2D eigenvalue weighted by Gasteiger charge is -2.00. The number of ether oxygens (including phenoxy) is 1. The molecule has 0 aliphatic carbocycles. The van der Waals surface area contributed by atoms with E-state index in [1.807, 2.05) is 6.07 Å². The molecule has 0 bridgehead atoms. The number of hydrogen-bond acceptors (Lipinski definition) is 4. The number of benzene rings is 1. The highest BCUT2D eigenvalue weighted by Crippen LogP contribution is 2.16. The van der Waals surface area contributed by atoms with Gasteiger partial charge in [0.1, 0.15) is 23.7 Å². The summed E-state index contributed by atoms with van der Waals surface area (Å²) < 4.78 is 9.88.